The third-order valence-electron chi connectivity index (χ3n) is 2.26. The van der Waals surface area contributed by atoms with Gasteiger partial charge in [-0.25, -0.2) is 8.78 Å². The van der Waals surface area contributed by atoms with Crippen LogP contribution in [0.1, 0.15) is 5.56 Å². The van der Waals surface area contributed by atoms with Gasteiger partial charge in [0.2, 0.25) is 0 Å². The predicted molar refractivity (Wildman–Crippen MR) is 48.4 cm³/mol. The van der Waals surface area contributed by atoms with Crippen molar-refractivity contribution in [2.75, 3.05) is 13.1 Å². The van der Waals surface area contributed by atoms with Crippen molar-refractivity contribution >= 4 is 0 Å². The Hall–Kier alpha value is -1.16. The summed E-state index contributed by atoms with van der Waals surface area (Å²) < 4.78 is 31.1. The molecule has 1 aromatic carbocycles. The van der Waals surface area contributed by atoms with Gasteiger partial charge < -0.3 is 10.1 Å². The molecule has 1 heterocycles. The van der Waals surface area contributed by atoms with Crippen LogP contribution in [0.4, 0.5) is 8.78 Å². The Morgan fingerprint density at radius 1 is 1.29 bits per heavy atom. The number of hydrogen-bond acceptors (Lipinski definition) is 2. The van der Waals surface area contributed by atoms with Crippen LogP contribution >= 0.6 is 0 Å². The lowest BCUT2D eigenvalue weighted by molar-refractivity contribution is 0.140. The zero-order chi connectivity index (χ0) is 10.1. The van der Waals surface area contributed by atoms with E-state index >= 15 is 0 Å². The highest BCUT2D eigenvalue weighted by molar-refractivity contribution is 5.33. The SMILES string of the molecule is Cc1cc(F)c(F)cc1OC1CNC1. The van der Waals surface area contributed by atoms with Crippen LogP contribution in [-0.2, 0) is 0 Å². The molecule has 2 rings (SSSR count). The monoisotopic (exact) mass is 199 g/mol. The molecule has 0 atom stereocenters. The Kier molecular flexibility index (Phi) is 2.37. The van der Waals surface area contributed by atoms with E-state index in [2.05, 4.69) is 5.32 Å². The molecule has 1 fully saturated rings. The van der Waals surface area contributed by atoms with Gasteiger partial charge in [-0.1, -0.05) is 0 Å². The first-order valence-electron chi connectivity index (χ1n) is 4.50. The summed E-state index contributed by atoms with van der Waals surface area (Å²) in [4.78, 5) is 0. The molecular weight excluding hydrogens is 188 g/mol. The maximum Gasteiger partial charge on any atom is 0.162 e. The molecule has 1 aliphatic heterocycles. The molecular formula is C10H11F2NO. The Morgan fingerprint density at radius 3 is 2.50 bits per heavy atom. The zero-order valence-electron chi connectivity index (χ0n) is 7.81. The van der Waals surface area contributed by atoms with Crippen molar-refractivity contribution in [2.24, 2.45) is 0 Å². The maximum atomic E-state index is 12.9. The van der Waals surface area contributed by atoms with E-state index in [0.717, 1.165) is 25.2 Å². The molecule has 0 aliphatic carbocycles. The highest BCUT2D eigenvalue weighted by atomic mass is 19.2. The second-order valence-corrected chi connectivity index (χ2v) is 3.43. The van der Waals surface area contributed by atoms with Crippen LogP contribution in [0, 0.1) is 18.6 Å². The molecule has 1 aromatic rings. The maximum absolute atomic E-state index is 12.9. The first-order valence-corrected chi connectivity index (χ1v) is 4.50. The smallest absolute Gasteiger partial charge is 0.162 e. The summed E-state index contributed by atoms with van der Waals surface area (Å²) >= 11 is 0. The topological polar surface area (TPSA) is 21.3 Å². The van der Waals surface area contributed by atoms with E-state index < -0.39 is 11.6 Å². The number of aryl methyl sites for hydroxylation is 1. The minimum Gasteiger partial charge on any atom is -0.487 e. The fourth-order valence-corrected chi connectivity index (χ4v) is 1.28. The van der Waals surface area contributed by atoms with Gasteiger partial charge in [0.1, 0.15) is 11.9 Å². The summed E-state index contributed by atoms with van der Waals surface area (Å²) in [5.74, 6) is -1.27. The van der Waals surface area contributed by atoms with E-state index in [1.807, 2.05) is 0 Å². The van der Waals surface area contributed by atoms with E-state index in [1.54, 1.807) is 6.92 Å². The summed E-state index contributed by atoms with van der Waals surface area (Å²) in [6.07, 6.45) is 0.0820. The number of benzene rings is 1. The van der Waals surface area contributed by atoms with Crippen LogP contribution in [0.15, 0.2) is 12.1 Å². The van der Waals surface area contributed by atoms with Crippen LogP contribution < -0.4 is 10.1 Å². The molecule has 0 amide bonds. The summed E-state index contributed by atoms with van der Waals surface area (Å²) in [6.45, 7) is 3.22. The highest BCUT2D eigenvalue weighted by Crippen LogP contribution is 2.23. The summed E-state index contributed by atoms with van der Waals surface area (Å²) in [5.41, 5.74) is 0.621. The molecule has 1 saturated heterocycles. The first-order chi connectivity index (χ1) is 6.66. The Labute approximate surface area is 80.9 Å². The van der Waals surface area contributed by atoms with Gasteiger partial charge in [-0.05, 0) is 18.6 Å². The van der Waals surface area contributed by atoms with E-state index in [9.17, 15) is 8.78 Å². The molecule has 0 bridgehead atoms. The molecule has 76 valence electrons. The van der Waals surface area contributed by atoms with E-state index in [0.29, 0.717) is 11.3 Å². The quantitative estimate of drug-likeness (QED) is 0.781. The van der Waals surface area contributed by atoms with Gasteiger partial charge in [0.25, 0.3) is 0 Å². The summed E-state index contributed by atoms with van der Waals surface area (Å²) in [5, 5.41) is 3.03. The average Bonchev–Trinajstić information content (AvgIpc) is 2.06. The van der Waals surface area contributed by atoms with Crippen molar-refractivity contribution in [1.29, 1.82) is 0 Å². The minimum atomic E-state index is -0.863. The lowest BCUT2D eigenvalue weighted by atomic mass is 10.2. The fourth-order valence-electron chi connectivity index (χ4n) is 1.28. The van der Waals surface area contributed by atoms with Crippen LogP contribution in [-0.4, -0.2) is 19.2 Å². The van der Waals surface area contributed by atoms with Gasteiger partial charge in [0.15, 0.2) is 11.6 Å². The number of rotatable bonds is 2. The Morgan fingerprint density at radius 2 is 1.93 bits per heavy atom. The van der Waals surface area contributed by atoms with Gasteiger partial charge in [0, 0.05) is 19.2 Å². The molecule has 0 unspecified atom stereocenters. The number of halogens is 2. The molecule has 0 spiro atoms. The fraction of sp³-hybridized carbons (Fsp3) is 0.400. The number of ether oxygens (including phenoxy) is 1. The third kappa shape index (κ3) is 1.70. The predicted octanol–water partition coefficient (Wildman–Crippen LogP) is 1.62. The zero-order valence-corrected chi connectivity index (χ0v) is 7.81. The molecule has 0 radical (unpaired) electrons. The van der Waals surface area contributed by atoms with Gasteiger partial charge in [-0.15, -0.1) is 0 Å². The van der Waals surface area contributed by atoms with Gasteiger partial charge >= 0.3 is 0 Å². The molecule has 1 aliphatic rings. The summed E-state index contributed by atoms with van der Waals surface area (Å²) in [6, 6.07) is 2.25. The molecule has 0 saturated carbocycles. The van der Waals surface area contributed by atoms with E-state index in [4.69, 9.17) is 4.74 Å². The lowest BCUT2D eigenvalue weighted by Crippen LogP contribution is -2.50. The van der Waals surface area contributed by atoms with Crippen molar-refractivity contribution in [3.8, 4) is 5.75 Å². The van der Waals surface area contributed by atoms with Crippen LogP contribution in [0.5, 0.6) is 5.75 Å². The van der Waals surface area contributed by atoms with Crippen LogP contribution in [0.2, 0.25) is 0 Å². The number of hydrogen-bond donors (Lipinski definition) is 1. The van der Waals surface area contributed by atoms with Crippen molar-refractivity contribution in [2.45, 2.75) is 13.0 Å². The molecule has 14 heavy (non-hydrogen) atoms. The molecule has 0 aromatic heterocycles. The average molecular weight is 199 g/mol. The standard InChI is InChI=1S/C10H11F2NO/c1-6-2-8(11)9(12)3-10(6)14-7-4-13-5-7/h2-3,7,13H,4-5H2,1H3. The van der Waals surface area contributed by atoms with Gasteiger partial charge in [0.05, 0.1) is 0 Å². The molecule has 4 heteroatoms. The van der Waals surface area contributed by atoms with Crippen molar-refractivity contribution in [3.63, 3.8) is 0 Å². The largest absolute Gasteiger partial charge is 0.487 e. The second kappa shape index (κ2) is 3.53. The summed E-state index contributed by atoms with van der Waals surface area (Å²) in [7, 11) is 0. The normalized spacial score (nSPS) is 16.5. The van der Waals surface area contributed by atoms with E-state index in [1.165, 1.54) is 0 Å². The molecule has 1 N–H and O–H groups in total. The molecule has 2 nitrogen and oxygen atoms in total. The van der Waals surface area contributed by atoms with Crippen LogP contribution in [0.25, 0.3) is 0 Å². The number of nitrogens with one attached hydrogen (secondary N) is 1. The minimum absolute atomic E-state index is 0.0820. The van der Waals surface area contributed by atoms with Crippen LogP contribution in [0.3, 0.4) is 0 Å². The van der Waals surface area contributed by atoms with Gasteiger partial charge in [-0.3, -0.25) is 0 Å². The lowest BCUT2D eigenvalue weighted by Gasteiger charge is -2.28. The Balaban J connectivity index is 2.19. The third-order valence-corrected chi connectivity index (χ3v) is 2.26. The highest BCUT2D eigenvalue weighted by Gasteiger charge is 2.19. The van der Waals surface area contributed by atoms with Crippen molar-refractivity contribution in [1.82, 2.24) is 5.32 Å². The second-order valence-electron chi connectivity index (χ2n) is 3.43. The van der Waals surface area contributed by atoms with Crippen molar-refractivity contribution < 1.29 is 13.5 Å². The van der Waals surface area contributed by atoms with Gasteiger partial charge in [-0.2, -0.15) is 0 Å². The Bertz CT molecular complexity index is 350. The van der Waals surface area contributed by atoms with E-state index in [-0.39, 0.29) is 6.10 Å². The van der Waals surface area contributed by atoms with Crippen molar-refractivity contribution in [3.05, 3.63) is 29.3 Å². The first kappa shape index (κ1) is 9.40.